The van der Waals surface area contributed by atoms with E-state index in [-0.39, 0.29) is 19.1 Å². The highest BCUT2D eigenvalue weighted by atomic mass is 16.5. The number of esters is 1. The van der Waals surface area contributed by atoms with Gasteiger partial charge >= 0.3 is 5.97 Å². The molecule has 0 heterocycles. The number of amides is 1. The third-order valence-corrected chi connectivity index (χ3v) is 3.99. The average Bonchev–Trinajstić information content (AvgIpc) is 2.70. The van der Waals surface area contributed by atoms with Gasteiger partial charge in [-0.1, -0.05) is 48.5 Å². The van der Waals surface area contributed by atoms with Crippen LogP contribution >= 0.6 is 0 Å². The van der Waals surface area contributed by atoms with Gasteiger partial charge in [0.1, 0.15) is 18.9 Å². The Balaban J connectivity index is 1.55. The lowest BCUT2D eigenvalue weighted by Gasteiger charge is -2.09. The predicted molar refractivity (Wildman–Crippen MR) is 99.1 cm³/mol. The second-order valence-electron chi connectivity index (χ2n) is 5.71. The summed E-state index contributed by atoms with van der Waals surface area (Å²) < 4.78 is 10.4. The van der Waals surface area contributed by atoms with Gasteiger partial charge < -0.3 is 14.8 Å². The van der Waals surface area contributed by atoms with Crippen molar-refractivity contribution in [2.24, 2.45) is 0 Å². The van der Waals surface area contributed by atoms with Gasteiger partial charge in [0.15, 0.2) is 0 Å². The maximum atomic E-state index is 12.1. The van der Waals surface area contributed by atoms with Crippen molar-refractivity contribution >= 4 is 22.6 Å². The first-order valence-corrected chi connectivity index (χ1v) is 8.22. The topological polar surface area (TPSA) is 64.6 Å². The zero-order valence-corrected chi connectivity index (χ0v) is 14.4. The van der Waals surface area contributed by atoms with Crippen molar-refractivity contribution in [2.75, 3.05) is 13.7 Å². The second kappa shape index (κ2) is 8.16. The van der Waals surface area contributed by atoms with Crippen LogP contribution in [0.25, 0.3) is 10.8 Å². The molecule has 0 aliphatic rings. The van der Waals surface area contributed by atoms with Crippen molar-refractivity contribution in [3.05, 3.63) is 77.9 Å². The number of carbonyl (C=O) groups is 2. The molecule has 0 atom stereocenters. The van der Waals surface area contributed by atoms with Crippen LogP contribution in [0.5, 0.6) is 5.75 Å². The zero-order chi connectivity index (χ0) is 18.4. The van der Waals surface area contributed by atoms with E-state index in [1.54, 1.807) is 24.3 Å². The fraction of sp³-hybridized carbons (Fsp3) is 0.143. The van der Waals surface area contributed by atoms with Crippen LogP contribution in [0.4, 0.5) is 0 Å². The number of ether oxygens (including phenoxy) is 2. The Morgan fingerprint density at radius 2 is 1.73 bits per heavy atom. The van der Waals surface area contributed by atoms with Crippen LogP contribution in [0.3, 0.4) is 0 Å². The molecule has 1 N–H and O–H groups in total. The van der Waals surface area contributed by atoms with E-state index in [1.807, 2.05) is 42.5 Å². The van der Waals surface area contributed by atoms with Crippen LogP contribution in [0.1, 0.15) is 15.9 Å². The van der Waals surface area contributed by atoms with E-state index in [4.69, 9.17) is 9.47 Å². The predicted octanol–water partition coefficient (Wildman–Crippen LogP) is 3.32. The molecule has 0 saturated heterocycles. The maximum Gasteiger partial charge on any atom is 0.325 e. The molecule has 3 aromatic rings. The summed E-state index contributed by atoms with van der Waals surface area (Å²) in [5.74, 6) is -0.267. The smallest absolute Gasteiger partial charge is 0.325 e. The van der Waals surface area contributed by atoms with Crippen LogP contribution < -0.4 is 10.1 Å². The third kappa shape index (κ3) is 4.19. The minimum atomic E-state index is -0.491. The number of nitrogens with one attached hydrogen (secondary N) is 1. The Labute approximate surface area is 151 Å². The standard InChI is InChI=1S/C21H19NO4/c1-25-18-10-5-8-16(12-18)21(24)22-13-20(23)26-14-17-9-4-7-15-6-2-3-11-19(15)17/h2-12H,13-14H2,1H3,(H,22,24). The zero-order valence-electron chi connectivity index (χ0n) is 14.4. The van der Waals surface area contributed by atoms with Gasteiger partial charge in [-0.2, -0.15) is 0 Å². The molecule has 0 radical (unpaired) electrons. The normalized spacial score (nSPS) is 10.3. The molecule has 0 spiro atoms. The summed E-state index contributed by atoms with van der Waals surface area (Å²) in [4.78, 5) is 24.0. The van der Waals surface area contributed by atoms with Crippen molar-refractivity contribution in [2.45, 2.75) is 6.61 Å². The Morgan fingerprint density at radius 1 is 0.962 bits per heavy atom. The molecular weight excluding hydrogens is 330 g/mol. The quantitative estimate of drug-likeness (QED) is 0.694. The maximum absolute atomic E-state index is 12.1. The number of fused-ring (bicyclic) bond motifs is 1. The molecule has 26 heavy (non-hydrogen) atoms. The van der Waals surface area contributed by atoms with Crippen molar-refractivity contribution < 1.29 is 19.1 Å². The molecule has 0 unspecified atom stereocenters. The summed E-state index contributed by atoms with van der Waals surface area (Å²) >= 11 is 0. The van der Waals surface area contributed by atoms with Crippen LogP contribution in [0, 0.1) is 0 Å². The first kappa shape index (κ1) is 17.5. The first-order chi connectivity index (χ1) is 12.7. The van der Waals surface area contributed by atoms with Crippen molar-refractivity contribution in [3.8, 4) is 5.75 Å². The summed E-state index contributed by atoms with van der Waals surface area (Å²) in [6, 6.07) is 20.5. The molecule has 1 amide bonds. The van der Waals surface area contributed by atoms with Gasteiger partial charge in [0.2, 0.25) is 0 Å². The number of benzene rings is 3. The van der Waals surface area contributed by atoms with Gasteiger partial charge in [-0.15, -0.1) is 0 Å². The summed E-state index contributed by atoms with van der Waals surface area (Å²) in [7, 11) is 1.53. The molecule has 5 heteroatoms. The highest BCUT2D eigenvalue weighted by Gasteiger charge is 2.10. The van der Waals surface area contributed by atoms with Crippen LogP contribution in [0.2, 0.25) is 0 Å². The van der Waals surface area contributed by atoms with E-state index in [1.165, 1.54) is 7.11 Å². The SMILES string of the molecule is COc1cccc(C(=O)NCC(=O)OCc2cccc3ccccc23)c1. The van der Waals surface area contributed by atoms with Crippen LogP contribution in [-0.2, 0) is 16.1 Å². The van der Waals surface area contributed by atoms with Gasteiger partial charge in [-0.05, 0) is 34.5 Å². The Bertz CT molecular complexity index is 931. The number of carbonyl (C=O) groups excluding carboxylic acids is 2. The van der Waals surface area contributed by atoms with E-state index in [9.17, 15) is 9.59 Å². The molecule has 0 aromatic heterocycles. The molecule has 0 fully saturated rings. The van der Waals surface area contributed by atoms with E-state index in [0.29, 0.717) is 11.3 Å². The summed E-state index contributed by atoms with van der Waals surface area (Å²) in [5.41, 5.74) is 1.35. The number of hydrogen-bond donors (Lipinski definition) is 1. The minimum absolute atomic E-state index is 0.162. The fourth-order valence-electron chi connectivity index (χ4n) is 2.65. The second-order valence-corrected chi connectivity index (χ2v) is 5.71. The van der Waals surface area contributed by atoms with Crippen LogP contribution in [0.15, 0.2) is 66.7 Å². The highest BCUT2D eigenvalue weighted by molar-refractivity contribution is 5.96. The number of methoxy groups -OCH3 is 1. The van der Waals surface area contributed by atoms with Crippen molar-refractivity contribution in [1.82, 2.24) is 5.32 Å². The molecule has 0 aliphatic carbocycles. The van der Waals surface area contributed by atoms with Gasteiger partial charge in [0.05, 0.1) is 7.11 Å². The lowest BCUT2D eigenvalue weighted by Crippen LogP contribution is -2.30. The van der Waals surface area contributed by atoms with E-state index in [2.05, 4.69) is 5.32 Å². The van der Waals surface area contributed by atoms with Crippen molar-refractivity contribution in [3.63, 3.8) is 0 Å². The summed E-state index contributed by atoms with van der Waals surface area (Å²) in [6.45, 7) is -0.0317. The molecule has 0 aliphatic heterocycles. The fourth-order valence-corrected chi connectivity index (χ4v) is 2.65. The Hall–Kier alpha value is -3.34. The highest BCUT2D eigenvalue weighted by Crippen LogP contribution is 2.19. The van der Waals surface area contributed by atoms with Gasteiger partial charge in [0, 0.05) is 5.56 Å². The third-order valence-electron chi connectivity index (χ3n) is 3.99. The largest absolute Gasteiger partial charge is 0.497 e. The van der Waals surface area contributed by atoms with Gasteiger partial charge in [-0.25, -0.2) is 0 Å². The molecule has 132 valence electrons. The van der Waals surface area contributed by atoms with Crippen molar-refractivity contribution in [1.29, 1.82) is 0 Å². The first-order valence-electron chi connectivity index (χ1n) is 8.22. The van der Waals surface area contributed by atoms with Gasteiger partial charge in [0.25, 0.3) is 5.91 Å². The van der Waals surface area contributed by atoms with Gasteiger partial charge in [-0.3, -0.25) is 9.59 Å². The molecule has 5 nitrogen and oxygen atoms in total. The lowest BCUT2D eigenvalue weighted by molar-refractivity contribution is -0.143. The summed E-state index contributed by atoms with van der Waals surface area (Å²) in [6.07, 6.45) is 0. The van der Waals surface area contributed by atoms with E-state index >= 15 is 0 Å². The Morgan fingerprint density at radius 3 is 2.58 bits per heavy atom. The average molecular weight is 349 g/mol. The lowest BCUT2D eigenvalue weighted by atomic mass is 10.1. The van der Waals surface area contributed by atoms with E-state index in [0.717, 1.165) is 16.3 Å². The molecule has 3 aromatic carbocycles. The van der Waals surface area contributed by atoms with E-state index < -0.39 is 5.97 Å². The number of rotatable bonds is 6. The molecule has 0 saturated carbocycles. The Kier molecular flexibility index (Phi) is 5.49. The molecule has 0 bridgehead atoms. The number of hydrogen-bond acceptors (Lipinski definition) is 4. The molecular formula is C21H19NO4. The monoisotopic (exact) mass is 349 g/mol. The minimum Gasteiger partial charge on any atom is -0.497 e. The van der Waals surface area contributed by atoms with Crippen LogP contribution in [-0.4, -0.2) is 25.5 Å². The summed E-state index contributed by atoms with van der Waals surface area (Å²) in [5, 5.41) is 4.69. The molecule has 3 rings (SSSR count).